The van der Waals surface area contributed by atoms with Crippen LogP contribution in [-0.4, -0.2) is 22.8 Å². The van der Waals surface area contributed by atoms with Crippen LogP contribution in [-0.2, 0) is 0 Å². The third-order valence-electron chi connectivity index (χ3n) is 2.29. The van der Waals surface area contributed by atoms with Gasteiger partial charge in [0.1, 0.15) is 5.69 Å². The van der Waals surface area contributed by atoms with Gasteiger partial charge in [-0.2, -0.15) is 0 Å². The van der Waals surface area contributed by atoms with E-state index in [1.54, 1.807) is 18.3 Å². The van der Waals surface area contributed by atoms with Crippen molar-refractivity contribution in [2.45, 2.75) is 32.6 Å². The highest BCUT2D eigenvalue weighted by molar-refractivity contribution is 9.10. The van der Waals surface area contributed by atoms with E-state index in [0.717, 1.165) is 6.42 Å². The van der Waals surface area contributed by atoms with Crippen LogP contribution in [0.15, 0.2) is 22.8 Å². The zero-order chi connectivity index (χ0) is 13.8. The predicted octanol–water partition coefficient (Wildman–Crippen LogP) is 3.62. The van der Waals surface area contributed by atoms with E-state index < -0.39 is 0 Å². The van der Waals surface area contributed by atoms with E-state index in [9.17, 15) is 4.79 Å². The SMILES string of the molecule is CC(C)(C)CC(Cl)CNC(=O)c1ncccc1Br. The van der Waals surface area contributed by atoms with E-state index >= 15 is 0 Å². The molecule has 0 aliphatic carbocycles. The third kappa shape index (κ3) is 5.36. The fourth-order valence-electron chi connectivity index (χ4n) is 1.58. The van der Waals surface area contributed by atoms with Crippen molar-refractivity contribution in [3.8, 4) is 0 Å². The molecule has 1 heterocycles. The largest absolute Gasteiger partial charge is 0.349 e. The summed E-state index contributed by atoms with van der Waals surface area (Å²) in [6.07, 6.45) is 2.44. The van der Waals surface area contributed by atoms with Gasteiger partial charge in [-0.25, -0.2) is 4.98 Å². The Labute approximate surface area is 121 Å². The molecule has 1 unspecified atom stereocenters. The fourth-order valence-corrected chi connectivity index (χ4v) is 2.55. The van der Waals surface area contributed by atoms with Crippen molar-refractivity contribution < 1.29 is 4.79 Å². The van der Waals surface area contributed by atoms with E-state index in [4.69, 9.17) is 11.6 Å². The average Bonchev–Trinajstić information content (AvgIpc) is 2.24. The molecule has 1 rings (SSSR count). The highest BCUT2D eigenvalue weighted by Crippen LogP contribution is 2.23. The van der Waals surface area contributed by atoms with Crippen molar-refractivity contribution >= 4 is 33.4 Å². The van der Waals surface area contributed by atoms with Crippen LogP contribution in [0.5, 0.6) is 0 Å². The van der Waals surface area contributed by atoms with Gasteiger partial charge in [-0.15, -0.1) is 11.6 Å². The second-order valence-electron chi connectivity index (χ2n) is 5.41. The molecular formula is C13H18BrClN2O. The Morgan fingerprint density at radius 3 is 2.78 bits per heavy atom. The van der Waals surface area contributed by atoms with Crippen molar-refractivity contribution in [3.63, 3.8) is 0 Å². The van der Waals surface area contributed by atoms with E-state index in [0.29, 0.717) is 16.7 Å². The molecule has 0 spiro atoms. The molecule has 5 heteroatoms. The van der Waals surface area contributed by atoms with E-state index in [-0.39, 0.29) is 16.7 Å². The molecule has 0 radical (unpaired) electrons. The van der Waals surface area contributed by atoms with Gasteiger partial charge in [-0.05, 0) is 39.9 Å². The van der Waals surface area contributed by atoms with Crippen LogP contribution in [0.3, 0.4) is 0 Å². The first-order chi connectivity index (χ1) is 8.29. The Hall–Kier alpha value is -0.610. The van der Waals surface area contributed by atoms with Crippen LogP contribution in [0.1, 0.15) is 37.7 Å². The van der Waals surface area contributed by atoms with Crippen LogP contribution in [0.4, 0.5) is 0 Å². The Morgan fingerprint density at radius 2 is 2.22 bits per heavy atom. The van der Waals surface area contributed by atoms with Crippen molar-refractivity contribution in [1.82, 2.24) is 10.3 Å². The number of nitrogens with zero attached hydrogens (tertiary/aromatic N) is 1. The lowest BCUT2D eigenvalue weighted by atomic mass is 9.90. The average molecular weight is 334 g/mol. The highest BCUT2D eigenvalue weighted by Gasteiger charge is 2.18. The predicted molar refractivity (Wildman–Crippen MR) is 78.0 cm³/mol. The van der Waals surface area contributed by atoms with E-state index in [2.05, 4.69) is 47.0 Å². The molecule has 0 aromatic carbocycles. The number of hydrogen-bond acceptors (Lipinski definition) is 2. The minimum absolute atomic E-state index is 0.0727. The smallest absolute Gasteiger partial charge is 0.271 e. The van der Waals surface area contributed by atoms with Gasteiger partial charge in [0.15, 0.2) is 0 Å². The summed E-state index contributed by atoms with van der Waals surface area (Å²) in [5, 5.41) is 2.73. The van der Waals surface area contributed by atoms with Crippen LogP contribution in [0.2, 0.25) is 0 Å². The minimum atomic E-state index is -0.206. The van der Waals surface area contributed by atoms with Gasteiger partial charge in [-0.3, -0.25) is 4.79 Å². The molecular weight excluding hydrogens is 316 g/mol. The molecule has 0 aliphatic rings. The van der Waals surface area contributed by atoms with Crippen LogP contribution < -0.4 is 5.32 Å². The zero-order valence-electron chi connectivity index (χ0n) is 10.8. The maximum atomic E-state index is 11.9. The van der Waals surface area contributed by atoms with Gasteiger partial charge in [-0.1, -0.05) is 20.8 Å². The van der Waals surface area contributed by atoms with Gasteiger partial charge >= 0.3 is 0 Å². The number of rotatable bonds is 4. The summed E-state index contributed by atoms with van der Waals surface area (Å²) in [5.41, 5.74) is 0.542. The lowest BCUT2D eigenvalue weighted by Crippen LogP contribution is -2.32. The number of carbonyl (C=O) groups is 1. The third-order valence-corrected chi connectivity index (χ3v) is 3.24. The topological polar surface area (TPSA) is 42.0 Å². The molecule has 1 aromatic heterocycles. The molecule has 100 valence electrons. The quantitative estimate of drug-likeness (QED) is 0.855. The Morgan fingerprint density at radius 1 is 1.56 bits per heavy atom. The Balaban J connectivity index is 2.50. The first kappa shape index (κ1) is 15.4. The van der Waals surface area contributed by atoms with Gasteiger partial charge in [0.2, 0.25) is 0 Å². The first-order valence-electron chi connectivity index (χ1n) is 5.82. The molecule has 0 aliphatic heterocycles. The minimum Gasteiger partial charge on any atom is -0.349 e. The molecule has 0 bridgehead atoms. The lowest BCUT2D eigenvalue weighted by molar-refractivity contribution is 0.0946. The second-order valence-corrected chi connectivity index (χ2v) is 6.88. The molecule has 18 heavy (non-hydrogen) atoms. The normalized spacial score (nSPS) is 13.2. The summed E-state index contributed by atoms with van der Waals surface area (Å²) in [6.45, 7) is 6.82. The molecule has 1 amide bonds. The molecule has 0 fully saturated rings. The van der Waals surface area contributed by atoms with Crippen LogP contribution >= 0.6 is 27.5 Å². The molecule has 0 saturated carbocycles. The maximum Gasteiger partial charge on any atom is 0.271 e. The second kappa shape index (κ2) is 6.53. The summed E-state index contributed by atoms with van der Waals surface area (Å²) in [7, 11) is 0. The van der Waals surface area contributed by atoms with Crippen molar-refractivity contribution in [1.29, 1.82) is 0 Å². The number of alkyl halides is 1. The molecule has 0 saturated heterocycles. The highest BCUT2D eigenvalue weighted by atomic mass is 79.9. The number of carbonyl (C=O) groups excluding carboxylic acids is 1. The zero-order valence-corrected chi connectivity index (χ0v) is 13.2. The number of pyridine rings is 1. The summed E-state index contributed by atoms with van der Waals surface area (Å²) in [6, 6.07) is 3.56. The van der Waals surface area contributed by atoms with Crippen molar-refractivity contribution in [3.05, 3.63) is 28.5 Å². The number of nitrogens with one attached hydrogen (secondary N) is 1. The molecule has 3 nitrogen and oxygen atoms in total. The number of aromatic nitrogens is 1. The number of amides is 1. The monoisotopic (exact) mass is 332 g/mol. The van der Waals surface area contributed by atoms with Crippen molar-refractivity contribution in [2.24, 2.45) is 5.41 Å². The fraction of sp³-hybridized carbons (Fsp3) is 0.538. The summed E-state index contributed by atoms with van der Waals surface area (Å²) in [4.78, 5) is 15.9. The van der Waals surface area contributed by atoms with Crippen LogP contribution in [0, 0.1) is 5.41 Å². The molecule has 1 N–H and O–H groups in total. The van der Waals surface area contributed by atoms with E-state index in [1.165, 1.54) is 0 Å². The Bertz CT molecular complexity index is 418. The first-order valence-corrected chi connectivity index (χ1v) is 7.05. The summed E-state index contributed by atoms with van der Waals surface area (Å²) >= 11 is 9.49. The summed E-state index contributed by atoms with van der Waals surface area (Å²) in [5.74, 6) is -0.206. The van der Waals surface area contributed by atoms with E-state index in [1.807, 2.05) is 0 Å². The van der Waals surface area contributed by atoms with Gasteiger partial charge < -0.3 is 5.32 Å². The van der Waals surface area contributed by atoms with Crippen LogP contribution in [0.25, 0.3) is 0 Å². The van der Waals surface area contributed by atoms with Crippen molar-refractivity contribution in [2.75, 3.05) is 6.54 Å². The summed E-state index contributed by atoms with van der Waals surface area (Å²) < 4.78 is 0.685. The number of hydrogen-bond donors (Lipinski definition) is 1. The Kier molecular flexibility index (Phi) is 5.60. The lowest BCUT2D eigenvalue weighted by Gasteiger charge is -2.21. The maximum absolute atomic E-state index is 11.9. The molecule has 1 atom stereocenters. The molecule has 1 aromatic rings. The van der Waals surface area contributed by atoms with Gasteiger partial charge in [0.25, 0.3) is 5.91 Å². The number of halogens is 2. The van der Waals surface area contributed by atoms with Gasteiger partial charge in [0, 0.05) is 17.2 Å². The standard InChI is InChI=1S/C13H18BrClN2O/c1-13(2,3)7-9(15)8-17-12(18)11-10(14)5-4-6-16-11/h4-6,9H,7-8H2,1-3H3,(H,17,18). The van der Waals surface area contributed by atoms with Gasteiger partial charge in [0.05, 0.1) is 5.38 Å².